The Morgan fingerprint density at radius 3 is 2.59 bits per heavy atom. The Morgan fingerprint density at radius 2 is 1.94 bits per heavy atom. The lowest BCUT2D eigenvalue weighted by molar-refractivity contribution is 0.0822. The van der Waals surface area contributed by atoms with Crippen LogP contribution in [-0.2, 0) is 13.6 Å². The van der Waals surface area contributed by atoms with Crippen molar-refractivity contribution in [1.82, 2.24) is 30.9 Å². The minimum atomic E-state index is -2.67. The molecule has 3 amide bonds. The molecule has 0 bridgehead atoms. The fraction of sp³-hybridized carbons (Fsp3) is 0.238. The molecule has 0 aliphatic heterocycles. The largest absolute Gasteiger partial charge is 0.485 e. The van der Waals surface area contributed by atoms with E-state index in [2.05, 4.69) is 26.3 Å². The van der Waals surface area contributed by atoms with Crippen LogP contribution in [0.1, 0.15) is 21.6 Å². The molecule has 0 radical (unpaired) electrons. The van der Waals surface area contributed by atoms with Crippen LogP contribution < -0.4 is 20.9 Å². The zero-order valence-electron chi connectivity index (χ0n) is 18.0. The average molecular weight is 513 g/mol. The third kappa shape index (κ3) is 6.55. The Morgan fingerprint density at radius 1 is 1.18 bits per heavy atom. The fourth-order valence-corrected chi connectivity index (χ4v) is 3.48. The van der Waals surface area contributed by atoms with Crippen molar-refractivity contribution in [1.29, 1.82) is 0 Å². The van der Waals surface area contributed by atoms with Gasteiger partial charge in [-0.05, 0) is 30.7 Å². The second-order valence-corrected chi connectivity index (χ2v) is 7.96. The molecule has 0 saturated carbocycles. The number of hydrogen-bond donors (Lipinski definition) is 3. The highest BCUT2D eigenvalue weighted by atomic mass is 35.5. The van der Waals surface area contributed by atoms with Crippen LogP contribution in [0.15, 0.2) is 36.8 Å². The second-order valence-electron chi connectivity index (χ2n) is 7.12. The topological polar surface area (TPSA) is 110 Å². The van der Waals surface area contributed by atoms with Gasteiger partial charge in [0.05, 0.1) is 29.0 Å². The van der Waals surface area contributed by atoms with Gasteiger partial charge >= 0.3 is 6.03 Å². The second kappa shape index (κ2) is 11.1. The summed E-state index contributed by atoms with van der Waals surface area (Å²) in [4.78, 5) is 28.3. The summed E-state index contributed by atoms with van der Waals surface area (Å²) in [6, 6.07) is 4.04. The highest BCUT2D eigenvalue weighted by Crippen LogP contribution is 2.39. The Bertz CT molecular complexity index is 1210. The number of nitrogens with zero attached hydrogens (tertiary/aromatic N) is 3. The summed E-state index contributed by atoms with van der Waals surface area (Å²) in [5.41, 5.74) is 6.98. The summed E-state index contributed by atoms with van der Waals surface area (Å²) in [6.07, 6.45) is 1.68. The van der Waals surface area contributed by atoms with Crippen molar-refractivity contribution >= 4 is 35.1 Å². The van der Waals surface area contributed by atoms with Crippen LogP contribution in [0.4, 0.5) is 13.6 Å². The van der Waals surface area contributed by atoms with E-state index in [4.69, 9.17) is 27.9 Å². The van der Waals surface area contributed by atoms with Gasteiger partial charge in [-0.3, -0.25) is 19.9 Å². The molecule has 2 aromatic heterocycles. The number of hydrazine groups is 1. The van der Waals surface area contributed by atoms with Crippen molar-refractivity contribution in [3.8, 4) is 16.9 Å². The minimum Gasteiger partial charge on any atom is -0.485 e. The van der Waals surface area contributed by atoms with Gasteiger partial charge in [-0.15, -0.1) is 0 Å². The maximum absolute atomic E-state index is 12.6. The molecule has 3 rings (SSSR count). The van der Waals surface area contributed by atoms with E-state index in [1.54, 1.807) is 26.1 Å². The van der Waals surface area contributed by atoms with Crippen LogP contribution in [0.2, 0.25) is 10.0 Å². The van der Waals surface area contributed by atoms with Crippen molar-refractivity contribution in [2.24, 2.45) is 7.05 Å². The number of benzene rings is 1. The molecule has 34 heavy (non-hydrogen) atoms. The number of halogens is 4. The zero-order valence-corrected chi connectivity index (χ0v) is 19.5. The quantitative estimate of drug-likeness (QED) is 0.416. The van der Waals surface area contributed by atoms with Crippen molar-refractivity contribution in [2.75, 3.05) is 6.61 Å². The first-order valence-electron chi connectivity index (χ1n) is 9.82. The van der Waals surface area contributed by atoms with Crippen LogP contribution in [0.3, 0.4) is 0 Å². The lowest BCUT2D eigenvalue weighted by atomic mass is 10.0. The molecule has 0 aliphatic carbocycles. The molecule has 2 heterocycles. The van der Waals surface area contributed by atoms with E-state index in [1.165, 1.54) is 29.3 Å². The molecule has 0 aliphatic rings. The van der Waals surface area contributed by atoms with E-state index in [1.807, 2.05) is 0 Å². The number of carbonyl (C=O) groups excluding carboxylic acids is 2. The first-order valence-corrected chi connectivity index (χ1v) is 10.6. The van der Waals surface area contributed by atoms with Crippen molar-refractivity contribution < 1.29 is 23.1 Å². The number of rotatable bonds is 7. The number of nitrogens with one attached hydrogen (secondary N) is 3. The first kappa shape index (κ1) is 25.2. The number of pyridine rings is 1. The maximum Gasteiger partial charge on any atom is 0.333 e. The van der Waals surface area contributed by atoms with Gasteiger partial charge in [0.2, 0.25) is 0 Å². The average Bonchev–Trinajstić information content (AvgIpc) is 3.21. The monoisotopic (exact) mass is 512 g/mol. The summed E-state index contributed by atoms with van der Waals surface area (Å²) in [5, 5.41) is 6.85. The number of hydrogen-bond acceptors (Lipinski definition) is 5. The van der Waals surface area contributed by atoms with Gasteiger partial charge in [-0.1, -0.05) is 23.2 Å². The normalized spacial score (nSPS) is 10.8. The molecular weight excluding hydrogens is 493 g/mol. The molecule has 9 nitrogen and oxygen atoms in total. The Hall–Kier alpha value is -3.44. The number of amides is 3. The van der Waals surface area contributed by atoms with Crippen LogP contribution in [0, 0.1) is 6.92 Å². The summed E-state index contributed by atoms with van der Waals surface area (Å²) in [5.74, 6) is -0.450. The van der Waals surface area contributed by atoms with E-state index in [9.17, 15) is 18.4 Å². The number of urea groups is 1. The van der Waals surface area contributed by atoms with Gasteiger partial charge in [0.15, 0.2) is 0 Å². The van der Waals surface area contributed by atoms with Gasteiger partial charge in [0.1, 0.15) is 12.4 Å². The van der Waals surface area contributed by atoms with E-state index in [0.717, 1.165) is 0 Å². The number of ether oxygens (including phenoxy) is 1. The number of alkyl halides is 2. The third-order valence-corrected chi connectivity index (χ3v) is 5.03. The summed E-state index contributed by atoms with van der Waals surface area (Å²) < 4.78 is 31.9. The molecule has 0 saturated heterocycles. The molecule has 0 fully saturated rings. The van der Waals surface area contributed by atoms with Crippen LogP contribution in [0.5, 0.6) is 5.75 Å². The Balaban J connectivity index is 1.65. The molecule has 13 heteroatoms. The lowest BCUT2D eigenvalue weighted by Crippen LogP contribution is -2.46. The van der Waals surface area contributed by atoms with Gasteiger partial charge < -0.3 is 10.1 Å². The number of carbonyl (C=O) groups is 2. The number of aryl methyl sites for hydroxylation is 2. The molecule has 3 N–H and O–H groups in total. The van der Waals surface area contributed by atoms with Gasteiger partial charge in [-0.2, -0.15) is 5.10 Å². The lowest BCUT2D eigenvalue weighted by Gasteiger charge is -2.15. The molecule has 1 aromatic carbocycles. The zero-order chi connectivity index (χ0) is 24.8. The Labute approximate surface area is 203 Å². The molecule has 0 spiro atoms. The summed E-state index contributed by atoms with van der Waals surface area (Å²) in [6.45, 7) is 1.00. The van der Waals surface area contributed by atoms with Crippen molar-refractivity contribution in [3.63, 3.8) is 0 Å². The van der Waals surface area contributed by atoms with Crippen molar-refractivity contribution in [3.05, 3.63) is 63.7 Å². The van der Waals surface area contributed by atoms with E-state index in [-0.39, 0.29) is 22.9 Å². The first-order chi connectivity index (χ1) is 16.1. The predicted octanol–water partition coefficient (Wildman–Crippen LogP) is 3.89. The third-order valence-electron chi connectivity index (χ3n) is 4.53. The van der Waals surface area contributed by atoms with E-state index in [0.29, 0.717) is 27.4 Å². The standard InChI is InChI=1S/C21H20Cl2F2N6O3/c1-11-3-12(15-4-14(22)5-16(23)19(15)34-10-18(24)25)6-26-17(11)8-27-21(33)30-29-20(32)13-7-28-31(2)9-13/h3-7,9,18H,8,10H2,1-2H3,(H,29,32)(H2,27,30,33). The Kier molecular flexibility index (Phi) is 8.24. The predicted molar refractivity (Wildman–Crippen MR) is 122 cm³/mol. The van der Waals surface area contributed by atoms with Crippen molar-refractivity contribution in [2.45, 2.75) is 19.9 Å². The van der Waals surface area contributed by atoms with Gasteiger partial charge in [0, 0.05) is 35.6 Å². The van der Waals surface area contributed by atoms with Crippen LogP contribution in [0.25, 0.3) is 11.1 Å². The van der Waals surface area contributed by atoms with Gasteiger partial charge in [-0.25, -0.2) is 19.0 Å². The molecule has 0 unspecified atom stereocenters. The maximum atomic E-state index is 12.6. The van der Waals surface area contributed by atoms with Gasteiger partial charge in [0.25, 0.3) is 12.3 Å². The molecule has 180 valence electrons. The highest BCUT2D eigenvalue weighted by Gasteiger charge is 2.16. The number of aromatic nitrogens is 3. The summed E-state index contributed by atoms with van der Waals surface area (Å²) in [7, 11) is 1.66. The van der Waals surface area contributed by atoms with Crippen LogP contribution in [-0.4, -0.2) is 39.7 Å². The summed E-state index contributed by atoms with van der Waals surface area (Å²) >= 11 is 12.2. The molecular formula is C21H20Cl2F2N6O3. The smallest absolute Gasteiger partial charge is 0.333 e. The van der Waals surface area contributed by atoms with Crippen LogP contribution >= 0.6 is 23.2 Å². The van der Waals surface area contributed by atoms with E-state index >= 15 is 0 Å². The molecule has 0 atom stereocenters. The van der Waals surface area contributed by atoms with E-state index < -0.39 is 25.0 Å². The highest BCUT2D eigenvalue weighted by molar-refractivity contribution is 6.36. The SMILES string of the molecule is Cc1cc(-c2cc(Cl)cc(Cl)c2OCC(F)F)cnc1CNC(=O)NNC(=O)c1cnn(C)c1. The minimum absolute atomic E-state index is 0.0613. The fourth-order valence-electron chi connectivity index (χ4n) is 2.94. The molecule has 3 aromatic rings.